The maximum absolute atomic E-state index is 6.00. The zero-order valence-corrected chi connectivity index (χ0v) is 18.8. The summed E-state index contributed by atoms with van der Waals surface area (Å²) in [5.41, 5.74) is 5.84. The van der Waals surface area contributed by atoms with Gasteiger partial charge in [0.1, 0.15) is 0 Å². The minimum atomic E-state index is 0.563. The van der Waals surface area contributed by atoms with Gasteiger partial charge in [-0.15, -0.1) is 0 Å². The van der Waals surface area contributed by atoms with E-state index in [1.165, 1.54) is 55.2 Å². The van der Waals surface area contributed by atoms with Crippen molar-refractivity contribution < 1.29 is 0 Å². The summed E-state index contributed by atoms with van der Waals surface area (Å²) in [6, 6.07) is 28.7. The van der Waals surface area contributed by atoms with Gasteiger partial charge in [0.05, 0.1) is 0 Å². The van der Waals surface area contributed by atoms with Crippen molar-refractivity contribution in [3.05, 3.63) is 106 Å². The van der Waals surface area contributed by atoms with Crippen LogP contribution in [0.15, 0.2) is 78.9 Å². The van der Waals surface area contributed by atoms with Crippen molar-refractivity contribution in [2.75, 3.05) is 0 Å². The molecule has 0 heterocycles. The molecule has 3 aromatic rings. The van der Waals surface area contributed by atoms with Crippen molar-refractivity contribution in [2.24, 2.45) is 5.92 Å². The van der Waals surface area contributed by atoms with Crippen LogP contribution in [0.5, 0.6) is 0 Å². The second kappa shape index (κ2) is 10.3. The average Bonchev–Trinajstić information content (AvgIpc) is 2.80. The average molecular weight is 417 g/mol. The fourth-order valence-electron chi connectivity index (χ4n) is 4.99. The van der Waals surface area contributed by atoms with E-state index in [0.29, 0.717) is 5.92 Å². The summed E-state index contributed by atoms with van der Waals surface area (Å²) >= 11 is 6.00. The van der Waals surface area contributed by atoms with E-state index in [1.807, 2.05) is 12.1 Å². The predicted octanol–water partition coefficient (Wildman–Crippen LogP) is 8.59. The van der Waals surface area contributed by atoms with Crippen LogP contribution in [0.1, 0.15) is 73.1 Å². The number of aryl methyl sites for hydroxylation is 1. The molecule has 4 rings (SSSR count). The lowest BCUT2D eigenvalue weighted by Crippen LogP contribution is -2.14. The third-order valence-corrected chi connectivity index (χ3v) is 7.21. The van der Waals surface area contributed by atoms with Crippen LogP contribution in [0.2, 0.25) is 5.02 Å². The Morgan fingerprint density at radius 1 is 0.767 bits per heavy atom. The quantitative estimate of drug-likeness (QED) is 0.361. The van der Waals surface area contributed by atoms with E-state index >= 15 is 0 Å². The molecule has 1 aliphatic rings. The van der Waals surface area contributed by atoms with Gasteiger partial charge in [-0.2, -0.15) is 0 Å². The molecule has 0 bridgehead atoms. The fraction of sp³-hybridized carbons (Fsp3) is 0.379. The lowest BCUT2D eigenvalue weighted by atomic mass is 9.76. The first kappa shape index (κ1) is 21.2. The second-order valence-electron chi connectivity index (χ2n) is 9.14. The molecule has 0 aliphatic heterocycles. The van der Waals surface area contributed by atoms with E-state index in [0.717, 1.165) is 23.3 Å². The van der Waals surface area contributed by atoms with Gasteiger partial charge in [-0.1, -0.05) is 85.3 Å². The fourth-order valence-corrected chi connectivity index (χ4v) is 5.11. The van der Waals surface area contributed by atoms with Crippen molar-refractivity contribution in [3.63, 3.8) is 0 Å². The van der Waals surface area contributed by atoms with Gasteiger partial charge >= 0.3 is 0 Å². The van der Waals surface area contributed by atoms with Gasteiger partial charge in [0, 0.05) is 5.02 Å². The van der Waals surface area contributed by atoms with Crippen LogP contribution in [0.3, 0.4) is 0 Å². The normalized spacial score (nSPS) is 20.1. The molecule has 0 nitrogen and oxygen atoms in total. The largest absolute Gasteiger partial charge is 0.0843 e. The van der Waals surface area contributed by atoms with Crippen molar-refractivity contribution in [3.8, 4) is 0 Å². The van der Waals surface area contributed by atoms with Gasteiger partial charge in [-0.05, 0) is 97.1 Å². The molecule has 0 unspecified atom stereocenters. The second-order valence-corrected chi connectivity index (χ2v) is 9.58. The van der Waals surface area contributed by atoms with Crippen LogP contribution in [-0.4, -0.2) is 0 Å². The highest BCUT2D eigenvalue weighted by Gasteiger charge is 2.22. The third kappa shape index (κ3) is 5.76. The van der Waals surface area contributed by atoms with Crippen molar-refractivity contribution in [1.82, 2.24) is 0 Å². The Kier molecular flexibility index (Phi) is 7.28. The summed E-state index contributed by atoms with van der Waals surface area (Å²) in [5.74, 6) is 2.19. The van der Waals surface area contributed by atoms with Crippen LogP contribution < -0.4 is 0 Å². The zero-order valence-electron chi connectivity index (χ0n) is 18.1. The van der Waals surface area contributed by atoms with Crippen LogP contribution in [0.25, 0.3) is 0 Å². The Labute approximate surface area is 187 Å². The minimum Gasteiger partial charge on any atom is -0.0843 e. The van der Waals surface area contributed by atoms with Crippen LogP contribution in [-0.2, 0) is 12.8 Å². The molecule has 1 aliphatic carbocycles. The molecule has 1 saturated carbocycles. The first-order valence-corrected chi connectivity index (χ1v) is 11.9. The first-order valence-electron chi connectivity index (χ1n) is 11.6. The van der Waals surface area contributed by atoms with E-state index < -0.39 is 0 Å². The monoisotopic (exact) mass is 416 g/mol. The molecule has 1 fully saturated rings. The molecule has 0 radical (unpaired) electrons. The summed E-state index contributed by atoms with van der Waals surface area (Å²) in [6.07, 6.45) is 9.01. The Morgan fingerprint density at radius 2 is 1.40 bits per heavy atom. The summed E-state index contributed by atoms with van der Waals surface area (Å²) in [6.45, 7) is 2.33. The van der Waals surface area contributed by atoms with Gasteiger partial charge < -0.3 is 0 Å². The maximum atomic E-state index is 6.00. The number of benzene rings is 3. The van der Waals surface area contributed by atoms with Crippen molar-refractivity contribution >= 4 is 11.6 Å². The maximum Gasteiger partial charge on any atom is 0.0406 e. The molecule has 1 heteroatoms. The van der Waals surface area contributed by atoms with Crippen LogP contribution >= 0.6 is 11.6 Å². The van der Waals surface area contributed by atoms with Gasteiger partial charge in [-0.3, -0.25) is 0 Å². The molecular weight excluding hydrogens is 384 g/mol. The van der Waals surface area contributed by atoms with Gasteiger partial charge in [0.25, 0.3) is 0 Å². The zero-order chi connectivity index (χ0) is 20.8. The molecule has 30 heavy (non-hydrogen) atoms. The lowest BCUT2D eigenvalue weighted by Gasteiger charge is -2.29. The van der Waals surface area contributed by atoms with Crippen molar-refractivity contribution in [1.29, 1.82) is 0 Å². The minimum absolute atomic E-state index is 0.563. The molecule has 0 aromatic heterocycles. The number of hydrogen-bond acceptors (Lipinski definition) is 0. The molecule has 0 N–H and O–H groups in total. The Bertz CT molecular complexity index is 887. The highest BCUT2D eigenvalue weighted by atomic mass is 35.5. The molecule has 3 aromatic carbocycles. The molecule has 1 atom stereocenters. The molecule has 0 amide bonds. The van der Waals surface area contributed by atoms with E-state index in [4.69, 9.17) is 11.6 Å². The number of hydrogen-bond donors (Lipinski definition) is 0. The number of rotatable bonds is 7. The smallest absolute Gasteiger partial charge is 0.0406 e. The molecule has 0 saturated heterocycles. The summed E-state index contributed by atoms with van der Waals surface area (Å²) < 4.78 is 0. The first-order chi connectivity index (χ1) is 14.7. The topological polar surface area (TPSA) is 0 Å². The highest BCUT2D eigenvalue weighted by molar-refractivity contribution is 6.30. The lowest BCUT2D eigenvalue weighted by molar-refractivity contribution is 0.310. The van der Waals surface area contributed by atoms with Crippen LogP contribution in [0.4, 0.5) is 0 Å². The Balaban J connectivity index is 1.25. The van der Waals surface area contributed by atoms with Crippen LogP contribution in [0, 0.1) is 5.92 Å². The van der Waals surface area contributed by atoms with Gasteiger partial charge in [0.15, 0.2) is 0 Å². The van der Waals surface area contributed by atoms with E-state index in [-0.39, 0.29) is 0 Å². The summed E-state index contributed by atoms with van der Waals surface area (Å²) in [7, 11) is 0. The third-order valence-electron chi connectivity index (χ3n) is 6.96. The molecule has 156 valence electrons. The standard InChI is InChI=1S/C29H33Cl/c1-22(26-5-3-2-4-6-26)21-25-11-17-28(18-12-25)27-15-9-23(10-16-27)7-8-24-13-19-29(30)20-14-24/h2-6,11-14,17-20,22-23,27H,7-10,15-16,21H2,1H3/t22-,23?,27?/m0/s1. The van der Waals surface area contributed by atoms with E-state index in [9.17, 15) is 0 Å². The van der Waals surface area contributed by atoms with E-state index in [2.05, 4.69) is 73.7 Å². The predicted molar refractivity (Wildman–Crippen MR) is 129 cm³/mol. The summed E-state index contributed by atoms with van der Waals surface area (Å²) in [4.78, 5) is 0. The van der Waals surface area contributed by atoms with Crippen molar-refractivity contribution in [2.45, 2.75) is 63.7 Å². The SMILES string of the molecule is C[C@@H](Cc1ccc(C2CCC(CCc3ccc(Cl)cc3)CC2)cc1)c1ccccc1. The van der Waals surface area contributed by atoms with E-state index in [1.54, 1.807) is 5.56 Å². The molecular formula is C29H33Cl. The molecule has 0 spiro atoms. The Morgan fingerprint density at radius 3 is 2.07 bits per heavy atom. The van der Waals surface area contributed by atoms with Gasteiger partial charge in [-0.25, -0.2) is 0 Å². The Hall–Kier alpha value is -2.05. The number of halogens is 1. The highest BCUT2D eigenvalue weighted by Crippen LogP contribution is 2.37. The summed E-state index contributed by atoms with van der Waals surface area (Å²) in [5, 5.41) is 0.833. The van der Waals surface area contributed by atoms with Gasteiger partial charge in [0.2, 0.25) is 0 Å².